The third kappa shape index (κ3) is 4.90. The molecule has 0 bridgehead atoms. The molecule has 0 fully saturated rings. The van der Waals surface area contributed by atoms with Crippen molar-refractivity contribution in [1.82, 2.24) is 5.06 Å². The van der Waals surface area contributed by atoms with Crippen molar-refractivity contribution in [2.45, 2.75) is 26.0 Å². The Hall–Kier alpha value is -4.11. The largest absolute Gasteiger partial charge is 0.528 e. The van der Waals surface area contributed by atoms with E-state index in [0.717, 1.165) is 5.56 Å². The van der Waals surface area contributed by atoms with Gasteiger partial charge in [0.15, 0.2) is 11.5 Å². The van der Waals surface area contributed by atoms with E-state index in [1.165, 1.54) is 11.1 Å². The topological polar surface area (TPSA) is 94.5 Å². The van der Waals surface area contributed by atoms with E-state index in [-0.39, 0.29) is 32.2 Å². The van der Waals surface area contributed by atoms with Crippen molar-refractivity contribution in [1.29, 1.82) is 0 Å². The lowest BCUT2D eigenvalue weighted by molar-refractivity contribution is -0.139. The quantitative estimate of drug-likeness (QED) is 0.518. The van der Waals surface area contributed by atoms with Crippen LogP contribution in [0.5, 0.6) is 11.5 Å². The van der Waals surface area contributed by atoms with E-state index in [1.807, 2.05) is 30.3 Å². The minimum absolute atomic E-state index is 0.00470. The number of carboxylic acid groups (broad SMARTS) is 1. The first kappa shape index (κ1) is 22.7. The van der Waals surface area contributed by atoms with E-state index in [1.54, 1.807) is 18.2 Å². The first-order chi connectivity index (χ1) is 17.0. The van der Waals surface area contributed by atoms with Crippen LogP contribution in [0.2, 0.25) is 0 Å². The zero-order chi connectivity index (χ0) is 24.4. The molecule has 2 aliphatic rings. The molecule has 3 aromatic rings. The van der Waals surface area contributed by atoms with Crippen LogP contribution in [-0.2, 0) is 40.4 Å². The van der Waals surface area contributed by atoms with E-state index < -0.39 is 12.1 Å². The minimum atomic E-state index is -0.982. The number of nitrogens with zero attached hydrogens (tertiary/aromatic N) is 1. The maximum absolute atomic E-state index is 14.7. The molecule has 0 radical (unpaired) electrons. The fourth-order valence-electron chi connectivity index (χ4n) is 4.33. The van der Waals surface area contributed by atoms with E-state index in [2.05, 4.69) is 0 Å². The molecule has 180 valence electrons. The molecule has 0 aromatic heterocycles. The van der Waals surface area contributed by atoms with Crippen molar-refractivity contribution < 1.29 is 38.1 Å². The number of rotatable bonds is 6. The van der Waals surface area contributed by atoms with Gasteiger partial charge in [-0.15, -0.1) is 5.06 Å². The second kappa shape index (κ2) is 9.63. The fraction of sp³-hybridized carbons (Fsp3) is 0.231. The molecular weight excluding hydrogens is 457 g/mol. The molecule has 2 heterocycles. The van der Waals surface area contributed by atoms with Crippen LogP contribution in [0.3, 0.4) is 0 Å². The monoisotopic (exact) mass is 479 g/mol. The number of halogens is 1. The van der Waals surface area contributed by atoms with E-state index in [0.29, 0.717) is 52.3 Å². The number of benzene rings is 3. The van der Waals surface area contributed by atoms with Gasteiger partial charge in [-0.25, -0.2) is 9.18 Å². The van der Waals surface area contributed by atoms with Gasteiger partial charge in [-0.05, 0) is 52.4 Å². The molecule has 0 amide bonds. The molecule has 9 heteroatoms. The van der Waals surface area contributed by atoms with Gasteiger partial charge < -0.3 is 24.2 Å². The Balaban J connectivity index is 1.40. The average molecular weight is 479 g/mol. The summed E-state index contributed by atoms with van der Waals surface area (Å²) in [7, 11) is 0. The predicted octanol–water partition coefficient (Wildman–Crippen LogP) is 4.48. The Kier molecular flexibility index (Phi) is 6.24. The van der Waals surface area contributed by atoms with Gasteiger partial charge in [0.2, 0.25) is 6.79 Å². The third-order valence-corrected chi connectivity index (χ3v) is 5.90. The van der Waals surface area contributed by atoms with Gasteiger partial charge in [-0.2, -0.15) is 0 Å². The number of fused-ring (bicyclic) bond motifs is 2. The molecule has 8 nitrogen and oxygen atoms in total. The van der Waals surface area contributed by atoms with Crippen LogP contribution in [0.15, 0.2) is 54.6 Å². The molecule has 2 aliphatic heterocycles. The molecule has 1 N–H and O–H groups in total. The highest BCUT2D eigenvalue weighted by molar-refractivity contribution is 5.80. The Labute approximate surface area is 200 Å². The number of carbonyl (C=O) groups is 2. The second-order valence-corrected chi connectivity index (χ2v) is 8.23. The molecular formula is C26H22FNO7. The predicted molar refractivity (Wildman–Crippen MR) is 121 cm³/mol. The summed E-state index contributed by atoms with van der Waals surface area (Å²) >= 11 is 0. The lowest BCUT2D eigenvalue weighted by Crippen LogP contribution is -2.34. The molecule has 0 spiro atoms. The smallest absolute Gasteiger partial charge is 0.481 e. The minimum Gasteiger partial charge on any atom is -0.481 e. The molecule has 35 heavy (non-hydrogen) atoms. The van der Waals surface area contributed by atoms with Crippen molar-refractivity contribution in [2.75, 3.05) is 13.3 Å². The van der Waals surface area contributed by atoms with E-state index in [9.17, 15) is 19.1 Å². The van der Waals surface area contributed by atoms with Gasteiger partial charge in [-0.3, -0.25) is 4.79 Å². The summed E-state index contributed by atoms with van der Waals surface area (Å²) in [4.78, 5) is 28.9. The van der Waals surface area contributed by atoms with Crippen molar-refractivity contribution in [3.05, 3.63) is 82.7 Å². The number of hydrogen-bond donors (Lipinski definition) is 1. The molecule has 3 aromatic carbocycles. The van der Waals surface area contributed by atoms with Crippen molar-refractivity contribution in [3.63, 3.8) is 0 Å². The Morgan fingerprint density at radius 2 is 1.83 bits per heavy atom. The third-order valence-electron chi connectivity index (χ3n) is 5.90. The van der Waals surface area contributed by atoms with Crippen LogP contribution in [0.4, 0.5) is 9.18 Å². The highest BCUT2D eigenvalue weighted by Crippen LogP contribution is 2.45. The summed E-state index contributed by atoms with van der Waals surface area (Å²) < 4.78 is 31.1. The molecule has 0 saturated carbocycles. The van der Waals surface area contributed by atoms with Crippen LogP contribution in [-0.4, -0.2) is 35.6 Å². The van der Waals surface area contributed by atoms with Crippen molar-refractivity contribution in [3.8, 4) is 22.6 Å². The lowest BCUT2D eigenvalue weighted by atomic mass is 9.89. The standard InChI is InChI=1S/C26H22FNO7/c27-22-7-6-18(20-10-17(12-24(29)30)11-23-25(20)34-15-33-23)21-13-28(9-8-19(21)22)35-26(31)32-14-16-4-2-1-3-5-16/h1-7,10-11H,8-9,12-15H2,(H,29,30). The van der Waals surface area contributed by atoms with Crippen LogP contribution in [0, 0.1) is 5.82 Å². The first-order valence-electron chi connectivity index (χ1n) is 11.1. The zero-order valence-electron chi connectivity index (χ0n) is 18.7. The Bertz CT molecular complexity index is 1280. The van der Waals surface area contributed by atoms with Gasteiger partial charge in [-0.1, -0.05) is 36.4 Å². The summed E-state index contributed by atoms with van der Waals surface area (Å²) in [6.07, 6.45) is -0.735. The molecule has 0 saturated heterocycles. The summed E-state index contributed by atoms with van der Waals surface area (Å²) in [6.45, 7) is 0.501. The van der Waals surface area contributed by atoms with Crippen LogP contribution in [0.1, 0.15) is 22.3 Å². The summed E-state index contributed by atoms with van der Waals surface area (Å²) in [6, 6.07) is 15.6. The van der Waals surface area contributed by atoms with Gasteiger partial charge in [0.25, 0.3) is 0 Å². The highest BCUT2D eigenvalue weighted by atomic mass is 19.1. The molecule has 5 rings (SSSR count). The molecule has 0 aliphatic carbocycles. The number of carboxylic acids is 1. The summed E-state index contributed by atoms with van der Waals surface area (Å²) in [5.41, 5.74) is 3.74. The number of ether oxygens (including phenoxy) is 3. The van der Waals surface area contributed by atoms with Crippen LogP contribution >= 0.6 is 0 Å². The number of hydrogen-bond acceptors (Lipinski definition) is 7. The highest BCUT2D eigenvalue weighted by Gasteiger charge is 2.29. The first-order valence-corrected chi connectivity index (χ1v) is 11.1. The molecule has 0 unspecified atom stereocenters. The summed E-state index contributed by atoms with van der Waals surface area (Å²) in [5, 5.41) is 10.7. The summed E-state index contributed by atoms with van der Waals surface area (Å²) in [5.74, 6) is -0.436. The lowest BCUT2D eigenvalue weighted by Gasteiger charge is -2.29. The van der Waals surface area contributed by atoms with Crippen LogP contribution in [0.25, 0.3) is 11.1 Å². The van der Waals surface area contributed by atoms with Crippen molar-refractivity contribution in [2.24, 2.45) is 0 Å². The second-order valence-electron chi connectivity index (χ2n) is 8.23. The Morgan fingerprint density at radius 1 is 1.00 bits per heavy atom. The van der Waals surface area contributed by atoms with Gasteiger partial charge >= 0.3 is 12.1 Å². The van der Waals surface area contributed by atoms with Crippen LogP contribution < -0.4 is 9.47 Å². The van der Waals surface area contributed by atoms with E-state index >= 15 is 0 Å². The number of hydroxylamine groups is 2. The van der Waals surface area contributed by atoms with Gasteiger partial charge in [0, 0.05) is 12.1 Å². The average Bonchev–Trinajstić information content (AvgIpc) is 3.32. The Morgan fingerprint density at radius 3 is 2.63 bits per heavy atom. The zero-order valence-corrected chi connectivity index (χ0v) is 18.7. The number of carbonyl (C=O) groups excluding carboxylic acids is 1. The normalized spacial score (nSPS) is 14.3. The maximum atomic E-state index is 14.7. The van der Waals surface area contributed by atoms with Crippen molar-refractivity contribution >= 4 is 12.1 Å². The molecule has 0 atom stereocenters. The fourth-order valence-corrected chi connectivity index (χ4v) is 4.33. The SMILES string of the molecule is O=C(O)Cc1cc2c(c(-c3ccc(F)c4c3CN(OC(=O)OCc3ccccc3)CC4)c1)OCO2. The van der Waals surface area contributed by atoms with Gasteiger partial charge in [0.05, 0.1) is 13.0 Å². The number of aliphatic carboxylic acids is 1. The van der Waals surface area contributed by atoms with Gasteiger partial charge in [0.1, 0.15) is 12.4 Å². The maximum Gasteiger partial charge on any atom is 0.528 e. The van der Waals surface area contributed by atoms with E-state index in [4.69, 9.17) is 19.0 Å².